The maximum atomic E-state index is 12.6. The molecular formula is C19H21NO4. The van der Waals surface area contributed by atoms with Crippen LogP contribution in [0.15, 0.2) is 54.6 Å². The van der Waals surface area contributed by atoms with Gasteiger partial charge in [0.2, 0.25) is 5.91 Å². The molecule has 2 aromatic rings. The lowest BCUT2D eigenvalue weighted by Gasteiger charge is -2.36. The number of hydrogen-bond donors (Lipinski definition) is 1. The van der Waals surface area contributed by atoms with E-state index < -0.39 is 11.7 Å². The molecule has 0 radical (unpaired) electrons. The zero-order valence-electron chi connectivity index (χ0n) is 13.8. The lowest BCUT2D eigenvalue weighted by atomic mass is 9.90. The highest BCUT2D eigenvalue weighted by Crippen LogP contribution is 2.32. The number of nitrogens with one attached hydrogen (secondary N) is 1. The standard InChI is InChI=1S/C19H21NO4/c1-19(18(21)20-15-8-10-16(22-2)11-9-15)12-23-17(24-13-19)14-6-4-3-5-7-14/h3-11,17H,12-13H2,1-2H3,(H,20,21). The van der Waals surface area contributed by atoms with Crippen molar-refractivity contribution in [3.63, 3.8) is 0 Å². The second-order valence-corrected chi connectivity index (χ2v) is 6.11. The van der Waals surface area contributed by atoms with E-state index in [2.05, 4.69) is 5.32 Å². The molecule has 1 heterocycles. The predicted octanol–water partition coefficient (Wildman–Crippen LogP) is 3.39. The Hall–Kier alpha value is -2.37. The first kappa shape index (κ1) is 16.5. The van der Waals surface area contributed by atoms with Crippen molar-refractivity contribution in [1.29, 1.82) is 0 Å². The topological polar surface area (TPSA) is 56.8 Å². The predicted molar refractivity (Wildman–Crippen MR) is 90.8 cm³/mol. The Morgan fingerprint density at radius 2 is 1.71 bits per heavy atom. The van der Waals surface area contributed by atoms with Crippen LogP contribution in [0.4, 0.5) is 5.69 Å². The van der Waals surface area contributed by atoms with Crippen LogP contribution in [0.2, 0.25) is 0 Å². The summed E-state index contributed by atoms with van der Waals surface area (Å²) in [6.07, 6.45) is -0.423. The average Bonchev–Trinajstić information content (AvgIpc) is 2.63. The molecule has 1 N–H and O–H groups in total. The number of hydrogen-bond acceptors (Lipinski definition) is 4. The molecule has 0 aromatic heterocycles. The molecule has 1 amide bonds. The number of benzene rings is 2. The van der Waals surface area contributed by atoms with Crippen LogP contribution < -0.4 is 10.1 Å². The van der Waals surface area contributed by atoms with Gasteiger partial charge in [-0.15, -0.1) is 0 Å². The van der Waals surface area contributed by atoms with Crippen molar-refractivity contribution in [2.45, 2.75) is 13.2 Å². The third-order valence-corrected chi connectivity index (χ3v) is 4.07. The Labute approximate surface area is 141 Å². The molecular weight excluding hydrogens is 306 g/mol. The zero-order valence-corrected chi connectivity index (χ0v) is 13.8. The maximum Gasteiger partial charge on any atom is 0.234 e. The smallest absolute Gasteiger partial charge is 0.234 e. The fourth-order valence-corrected chi connectivity index (χ4v) is 2.50. The minimum Gasteiger partial charge on any atom is -0.497 e. The summed E-state index contributed by atoms with van der Waals surface area (Å²) in [6, 6.07) is 16.9. The van der Waals surface area contributed by atoms with E-state index in [1.165, 1.54) is 0 Å². The summed E-state index contributed by atoms with van der Waals surface area (Å²) >= 11 is 0. The lowest BCUT2D eigenvalue weighted by molar-refractivity contribution is -0.226. The molecule has 0 spiro atoms. The van der Waals surface area contributed by atoms with Crippen molar-refractivity contribution < 1.29 is 19.0 Å². The second-order valence-electron chi connectivity index (χ2n) is 6.11. The largest absolute Gasteiger partial charge is 0.497 e. The fourth-order valence-electron chi connectivity index (χ4n) is 2.50. The Kier molecular flexibility index (Phi) is 4.83. The van der Waals surface area contributed by atoms with Crippen LogP contribution in [0.1, 0.15) is 18.8 Å². The number of carbonyl (C=O) groups is 1. The van der Waals surface area contributed by atoms with Gasteiger partial charge in [0.1, 0.15) is 5.75 Å². The monoisotopic (exact) mass is 327 g/mol. The summed E-state index contributed by atoms with van der Waals surface area (Å²) in [4.78, 5) is 12.6. The Morgan fingerprint density at radius 3 is 2.29 bits per heavy atom. The van der Waals surface area contributed by atoms with E-state index in [4.69, 9.17) is 14.2 Å². The lowest BCUT2D eigenvalue weighted by Crippen LogP contribution is -2.45. The van der Waals surface area contributed by atoms with Crippen LogP contribution in [0, 0.1) is 5.41 Å². The summed E-state index contributed by atoms with van der Waals surface area (Å²) in [6.45, 7) is 2.44. The molecule has 0 atom stereocenters. The van der Waals surface area contributed by atoms with Crippen molar-refractivity contribution >= 4 is 11.6 Å². The molecule has 126 valence electrons. The Morgan fingerprint density at radius 1 is 1.08 bits per heavy atom. The highest BCUT2D eigenvalue weighted by molar-refractivity contribution is 5.95. The van der Waals surface area contributed by atoms with Gasteiger partial charge in [0.25, 0.3) is 0 Å². The number of ether oxygens (including phenoxy) is 3. The molecule has 0 aliphatic carbocycles. The molecule has 0 bridgehead atoms. The van der Waals surface area contributed by atoms with Crippen molar-refractivity contribution in [3.05, 3.63) is 60.2 Å². The van der Waals surface area contributed by atoms with Crippen LogP contribution in [0.3, 0.4) is 0 Å². The van der Waals surface area contributed by atoms with Gasteiger partial charge < -0.3 is 19.5 Å². The van der Waals surface area contributed by atoms with E-state index in [0.717, 1.165) is 11.3 Å². The van der Waals surface area contributed by atoms with E-state index in [9.17, 15) is 4.79 Å². The molecule has 3 rings (SSSR count). The first-order valence-corrected chi connectivity index (χ1v) is 7.84. The summed E-state index contributed by atoms with van der Waals surface area (Å²) in [5, 5.41) is 2.90. The van der Waals surface area contributed by atoms with Gasteiger partial charge in [-0.25, -0.2) is 0 Å². The number of amides is 1. The van der Waals surface area contributed by atoms with Gasteiger partial charge in [-0.05, 0) is 31.2 Å². The third kappa shape index (κ3) is 3.58. The van der Waals surface area contributed by atoms with Crippen molar-refractivity contribution in [2.24, 2.45) is 5.41 Å². The van der Waals surface area contributed by atoms with Gasteiger partial charge in [0, 0.05) is 11.3 Å². The molecule has 1 aliphatic rings. The molecule has 1 aliphatic heterocycles. The molecule has 5 nitrogen and oxygen atoms in total. The molecule has 1 fully saturated rings. The fraction of sp³-hybridized carbons (Fsp3) is 0.316. The van der Waals surface area contributed by atoms with Gasteiger partial charge in [0.15, 0.2) is 6.29 Å². The van der Waals surface area contributed by atoms with Crippen molar-refractivity contribution in [2.75, 3.05) is 25.6 Å². The minimum absolute atomic E-state index is 0.126. The van der Waals surface area contributed by atoms with Gasteiger partial charge >= 0.3 is 0 Å². The van der Waals surface area contributed by atoms with Crippen LogP contribution in [0.25, 0.3) is 0 Å². The first-order chi connectivity index (χ1) is 11.6. The highest BCUT2D eigenvalue weighted by atomic mass is 16.7. The summed E-state index contributed by atoms with van der Waals surface area (Å²) in [5.41, 5.74) is 0.938. The Balaban J connectivity index is 1.61. The number of carbonyl (C=O) groups excluding carboxylic acids is 1. The van der Waals surface area contributed by atoms with E-state index in [-0.39, 0.29) is 5.91 Å². The second kappa shape index (κ2) is 7.03. The Bertz CT molecular complexity index is 676. The SMILES string of the molecule is COc1ccc(NC(=O)C2(C)COC(c3ccccc3)OC2)cc1. The summed E-state index contributed by atoms with van der Waals surface area (Å²) in [5.74, 6) is 0.619. The van der Waals surface area contributed by atoms with Crippen molar-refractivity contribution in [1.82, 2.24) is 0 Å². The van der Waals surface area contributed by atoms with E-state index in [1.807, 2.05) is 37.3 Å². The van der Waals surface area contributed by atoms with Crippen molar-refractivity contribution in [3.8, 4) is 5.75 Å². The van der Waals surface area contributed by atoms with E-state index in [0.29, 0.717) is 18.9 Å². The molecule has 1 saturated heterocycles. The van der Waals surface area contributed by atoms with Gasteiger partial charge in [-0.3, -0.25) is 4.79 Å². The minimum atomic E-state index is -0.731. The van der Waals surface area contributed by atoms with Crippen LogP contribution in [-0.4, -0.2) is 26.2 Å². The van der Waals surface area contributed by atoms with Gasteiger partial charge in [-0.1, -0.05) is 30.3 Å². The molecule has 5 heteroatoms. The third-order valence-electron chi connectivity index (χ3n) is 4.07. The number of methoxy groups -OCH3 is 1. The highest BCUT2D eigenvalue weighted by Gasteiger charge is 2.39. The van der Waals surface area contributed by atoms with Gasteiger partial charge in [0.05, 0.1) is 25.7 Å². The van der Waals surface area contributed by atoms with Crippen LogP contribution in [0.5, 0.6) is 5.75 Å². The first-order valence-electron chi connectivity index (χ1n) is 7.84. The molecule has 24 heavy (non-hydrogen) atoms. The van der Waals surface area contributed by atoms with E-state index >= 15 is 0 Å². The summed E-state index contributed by atoms with van der Waals surface area (Å²) in [7, 11) is 1.61. The van der Waals surface area contributed by atoms with E-state index in [1.54, 1.807) is 31.4 Å². The van der Waals surface area contributed by atoms with Gasteiger partial charge in [-0.2, -0.15) is 0 Å². The molecule has 0 unspecified atom stereocenters. The number of anilines is 1. The average molecular weight is 327 g/mol. The molecule has 0 saturated carbocycles. The van der Waals surface area contributed by atoms with Crippen LogP contribution in [-0.2, 0) is 14.3 Å². The zero-order chi connectivity index (χ0) is 17.0. The normalized spacial score (nSPS) is 23.5. The summed E-state index contributed by atoms with van der Waals surface area (Å²) < 4.78 is 16.7. The molecule has 2 aromatic carbocycles. The number of rotatable bonds is 4. The quantitative estimate of drug-likeness (QED) is 0.935. The maximum absolute atomic E-state index is 12.6. The van der Waals surface area contributed by atoms with Crippen LogP contribution >= 0.6 is 0 Å².